The number of carbonyl (C=O) groups excluding carboxylic acids is 1. The van der Waals surface area contributed by atoms with E-state index in [4.69, 9.17) is 9.84 Å². The molecule has 0 atom stereocenters. The van der Waals surface area contributed by atoms with Gasteiger partial charge in [0.05, 0.1) is 0 Å². The summed E-state index contributed by atoms with van der Waals surface area (Å²) in [4.78, 5) is 29.6. The fourth-order valence-electron chi connectivity index (χ4n) is 1.10. The summed E-state index contributed by atoms with van der Waals surface area (Å²) in [5.74, 6) is -0.712. The van der Waals surface area contributed by atoms with Gasteiger partial charge in [-0.05, 0) is 26.8 Å². The van der Waals surface area contributed by atoms with Crippen molar-refractivity contribution in [3.8, 4) is 0 Å². The molecule has 2 N–H and O–H groups in total. The number of nitrogens with zero attached hydrogens (tertiary/aromatic N) is 2. The topological polar surface area (TPSA) is 101 Å². The third kappa shape index (κ3) is 5.24. The maximum atomic E-state index is 11.5. The van der Waals surface area contributed by atoms with E-state index in [1.54, 1.807) is 20.8 Å². The first-order valence-electron chi connectivity index (χ1n) is 5.30. The standard InChI is InChI=1S/C11H15N3O4/c1-11(2,3)18-10(17)14-7-4-5-12-8(13-7)6-9(15)16/h4-5H,6H2,1-3H3,(H,15,16)(H,12,13,14,17). The molecule has 0 unspecified atom stereocenters. The van der Waals surface area contributed by atoms with Gasteiger partial charge in [0.1, 0.15) is 23.7 Å². The Labute approximate surface area is 104 Å². The number of carboxylic acids is 1. The molecule has 1 aromatic heterocycles. The first-order valence-corrected chi connectivity index (χ1v) is 5.30. The molecule has 0 fully saturated rings. The number of amides is 1. The zero-order chi connectivity index (χ0) is 13.8. The van der Waals surface area contributed by atoms with Crippen LogP contribution in [-0.2, 0) is 16.0 Å². The van der Waals surface area contributed by atoms with Gasteiger partial charge in [-0.3, -0.25) is 10.1 Å². The van der Waals surface area contributed by atoms with Crippen LogP contribution in [0.4, 0.5) is 10.6 Å². The highest BCUT2D eigenvalue weighted by atomic mass is 16.6. The second-order valence-corrected chi connectivity index (χ2v) is 4.56. The Morgan fingerprint density at radius 3 is 2.67 bits per heavy atom. The molecular weight excluding hydrogens is 238 g/mol. The van der Waals surface area contributed by atoms with Crippen LogP contribution in [0.1, 0.15) is 26.6 Å². The van der Waals surface area contributed by atoms with Crippen molar-refractivity contribution in [2.75, 3.05) is 5.32 Å². The zero-order valence-corrected chi connectivity index (χ0v) is 10.4. The third-order valence-electron chi connectivity index (χ3n) is 1.64. The average molecular weight is 253 g/mol. The number of aliphatic carboxylic acids is 1. The van der Waals surface area contributed by atoms with E-state index in [0.717, 1.165) is 0 Å². The maximum Gasteiger partial charge on any atom is 0.413 e. The molecule has 0 spiro atoms. The van der Waals surface area contributed by atoms with Gasteiger partial charge in [0.15, 0.2) is 0 Å². The van der Waals surface area contributed by atoms with Crippen molar-refractivity contribution in [2.24, 2.45) is 0 Å². The van der Waals surface area contributed by atoms with Gasteiger partial charge in [0.25, 0.3) is 0 Å². The predicted molar refractivity (Wildman–Crippen MR) is 63.2 cm³/mol. The number of nitrogens with one attached hydrogen (secondary N) is 1. The van der Waals surface area contributed by atoms with Gasteiger partial charge in [-0.1, -0.05) is 0 Å². The van der Waals surface area contributed by atoms with E-state index in [1.165, 1.54) is 12.3 Å². The molecule has 1 rings (SSSR count). The van der Waals surface area contributed by atoms with E-state index in [9.17, 15) is 9.59 Å². The second-order valence-electron chi connectivity index (χ2n) is 4.56. The van der Waals surface area contributed by atoms with E-state index in [1.807, 2.05) is 0 Å². The molecule has 0 aliphatic heterocycles. The van der Waals surface area contributed by atoms with Crippen molar-refractivity contribution in [1.29, 1.82) is 0 Å². The number of hydrogen-bond acceptors (Lipinski definition) is 5. The van der Waals surface area contributed by atoms with Gasteiger partial charge in [-0.25, -0.2) is 14.8 Å². The highest BCUT2D eigenvalue weighted by Crippen LogP contribution is 2.09. The number of anilines is 1. The molecular formula is C11H15N3O4. The van der Waals surface area contributed by atoms with Crippen LogP contribution < -0.4 is 5.32 Å². The van der Waals surface area contributed by atoms with E-state index in [0.29, 0.717) is 0 Å². The Bertz CT molecular complexity index is 454. The van der Waals surface area contributed by atoms with Crippen molar-refractivity contribution in [3.05, 3.63) is 18.1 Å². The summed E-state index contributed by atoms with van der Waals surface area (Å²) >= 11 is 0. The maximum absolute atomic E-state index is 11.5. The van der Waals surface area contributed by atoms with Gasteiger partial charge < -0.3 is 9.84 Å². The molecule has 98 valence electrons. The number of ether oxygens (including phenoxy) is 1. The van der Waals surface area contributed by atoms with Gasteiger partial charge in [-0.2, -0.15) is 0 Å². The van der Waals surface area contributed by atoms with E-state index in [2.05, 4.69) is 15.3 Å². The SMILES string of the molecule is CC(C)(C)OC(=O)Nc1ccnc(CC(=O)O)n1. The molecule has 0 radical (unpaired) electrons. The summed E-state index contributed by atoms with van der Waals surface area (Å²) in [6.45, 7) is 5.22. The highest BCUT2D eigenvalue weighted by molar-refractivity contribution is 5.83. The van der Waals surface area contributed by atoms with Gasteiger partial charge in [0, 0.05) is 6.20 Å². The van der Waals surface area contributed by atoms with Gasteiger partial charge in [-0.15, -0.1) is 0 Å². The van der Waals surface area contributed by atoms with Crippen LogP contribution in [0.5, 0.6) is 0 Å². The Kier molecular flexibility index (Phi) is 4.19. The lowest BCUT2D eigenvalue weighted by molar-refractivity contribution is -0.136. The molecule has 1 heterocycles. The largest absolute Gasteiger partial charge is 0.481 e. The summed E-state index contributed by atoms with van der Waals surface area (Å²) in [6.07, 6.45) is 0.421. The van der Waals surface area contributed by atoms with Crippen LogP contribution in [0.25, 0.3) is 0 Å². The third-order valence-corrected chi connectivity index (χ3v) is 1.64. The minimum absolute atomic E-state index is 0.121. The minimum atomic E-state index is -1.04. The predicted octanol–water partition coefficient (Wildman–Crippen LogP) is 1.45. The summed E-state index contributed by atoms with van der Waals surface area (Å²) < 4.78 is 5.04. The monoisotopic (exact) mass is 253 g/mol. The van der Waals surface area contributed by atoms with Crippen LogP contribution in [0.15, 0.2) is 12.3 Å². The Morgan fingerprint density at radius 1 is 1.44 bits per heavy atom. The van der Waals surface area contributed by atoms with Crippen molar-refractivity contribution < 1.29 is 19.4 Å². The molecule has 0 bridgehead atoms. The summed E-state index contributed by atoms with van der Waals surface area (Å²) in [6, 6.07) is 1.45. The molecule has 0 saturated carbocycles. The Morgan fingerprint density at radius 2 is 2.11 bits per heavy atom. The second kappa shape index (κ2) is 5.44. The molecule has 1 amide bonds. The number of carboxylic acid groups (broad SMARTS) is 1. The van der Waals surface area contributed by atoms with E-state index >= 15 is 0 Å². The highest BCUT2D eigenvalue weighted by Gasteiger charge is 2.16. The molecule has 18 heavy (non-hydrogen) atoms. The van der Waals surface area contributed by atoms with Gasteiger partial charge >= 0.3 is 12.1 Å². The number of carbonyl (C=O) groups is 2. The Balaban J connectivity index is 2.67. The summed E-state index contributed by atoms with van der Waals surface area (Å²) in [7, 11) is 0. The minimum Gasteiger partial charge on any atom is -0.481 e. The Hall–Kier alpha value is -2.18. The zero-order valence-electron chi connectivity index (χ0n) is 10.4. The average Bonchev–Trinajstić information content (AvgIpc) is 2.13. The first-order chi connectivity index (χ1) is 8.26. The summed E-state index contributed by atoms with van der Waals surface area (Å²) in [5, 5.41) is 11.0. The molecule has 0 aliphatic rings. The van der Waals surface area contributed by atoms with Crippen molar-refractivity contribution in [1.82, 2.24) is 9.97 Å². The molecule has 7 heteroatoms. The van der Waals surface area contributed by atoms with Crippen LogP contribution in [0, 0.1) is 0 Å². The molecule has 0 saturated heterocycles. The quantitative estimate of drug-likeness (QED) is 0.845. The van der Waals surface area contributed by atoms with E-state index < -0.39 is 17.7 Å². The lowest BCUT2D eigenvalue weighted by Crippen LogP contribution is -2.27. The molecule has 7 nitrogen and oxygen atoms in total. The number of rotatable bonds is 3. The van der Waals surface area contributed by atoms with E-state index in [-0.39, 0.29) is 18.1 Å². The number of aromatic nitrogens is 2. The fraction of sp³-hybridized carbons (Fsp3) is 0.455. The molecule has 1 aromatic rings. The van der Waals surface area contributed by atoms with Crippen molar-refractivity contribution in [2.45, 2.75) is 32.8 Å². The molecule has 0 aromatic carbocycles. The van der Waals surface area contributed by atoms with Crippen molar-refractivity contribution in [3.63, 3.8) is 0 Å². The lowest BCUT2D eigenvalue weighted by Gasteiger charge is -2.19. The summed E-state index contributed by atoms with van der Waals surface area (Å²) in [5.41, 5.74) is -0.610. The smallest absolute Gasteiger partial charge is 0.413 e. The first kappa shape index (κ1) is 13.9. The van der Waals surface area contributed by atoms with Crippen LogP contribution >= 0.6 is 0 Å². The van der Waals surface area contributed by atoms with Crippen LogP contribution in [0.3, 0.4) is 0 Å². The van der Waals surface area contributed by atoms with Gasteiger partial charge in [0.2, 0.25) is 0 Å². The normalized spacial score (nSPS) is 10.8. The molecule has 0 aliphatic carbocycles. The van der Waals surface area contributed by atoms with Crippen molar-refractivity contribution >= 4 is 17.9 Å². The van der Waals surface area contributed by atoms with Crippen LogP contribution in [0.2, 0.25) is 0 Å². The number of hydrogen-bond donors (Lipinski definition) is 2. The lowest BCUT2D eigenvalue weighted by atomic mass is 10.2. The van der Waals surface area contributed by atoms with Crippen LogP contribution in [-0.4, -0.2) is 32.7 Å². The fourth-order valence-corrected chi connectivity index (χ4v) is 1.10.